The monoisotopic (exact) mass is 385 g/mol. The maximum atomic E-state index is 3.51. The Hall–Kier alpha value is -0.450. The van der Waals surface area contributed by atoms with E-state index in [1.165, 1.54) is 10.5 Å². The number of hydrogen-bond donors (Lipinski definition) is 1. The van der Waals surface area contributed by atoms with Crippen LogP contribution in [0.15, 0.2) is 56.3 Å². The Bertz CT molecular complexity index is 526. The molecule has 2 aromatic carbocycles. The predicted octanol–water partition coefficient (Wildman–Crippen LogP) is 5.55. The minimum absolute atomic E-state index is 0.824. The fourth-order valence-electron chi connectivity index (χ4n) is 1.56. The van der Waals surface area contributed by atoms with Gasteiger partial charge in [-0.05, 0) is 80.1 Å². The van der Waals surface area contributed by atoms with Crippen LogP contribution in [-0.4, -0.2) is 6.26 Å². The van der Waals surface area contributed by atoms with Crippen molar-refractivity contribution >= 4 is 49.3 Å². The van der Waals surface area contributed by atoms with Gasteiger partial charge in [-0.3, -0.25) is 0 Å². The molecule has 1 N–H and O–H groups in total. The van der Waals surface area contributed by atoms with Crippen LogP contribution >= 0.6 is 43.6 Å². The topological polar surface area (TPSA) is 12.0 Å². The Balaban J connectivity index is 1.99. The van der Waals surface area contributed by atoms with Gasteiger partial charge in [-0.25, -0.2) is 0 Å². The Kier molecular flexibility index (Phi) is 5.15. The van der Waals surface area contributed by atoms with Gasteiger partial charge >= 0.3 is 0 Å². The Morgan fingerprint density at radius 2 is 1.72 bits per heavy atom. The van der Waals surface area contributed by atoms with Crippen LogP contribution in [0.4, 0.5) is 5.69 Å². The van der Waals surface area contributed by atoms with Gasteiger partial charge in [0.15, 0.2) is 0 Å². The van der Waals surface area contributed by atoms with Crippen LogP contribution in [0.3, 0.4) is 0 Å². The summed E-state index contributed by atoms with van der Waals surface area (Å²) in [5, 5.41) is 3.41. The van der Waals surface area contributed by atoms with Crippen molar-refractivity contribution < 1.29 is 0 Å². The lowest BCUT2D eigenvalue weighted by Crippen LogP contribution is -1.99. The maximum absolute atomic E-state index is 3.51. The normalized spacial score (nSPS) is 10.4. The minimum atomic E-state index is 0.824. The summed E-state index contributed by atoms with van der Waals surface area (Å²) in [4.78, 5) is 1.28. The largest absolute Gasteiger partial charge is 0.381 e. The van der Waals surface area contributed by atoms with Crippen molar-refractivity contribution in [3.05, 3.63) is 57.0 Å². The molecule has 0 atom stereocenters. The standard InChI is InChI=1S/C14H13Br2NS/c1-18-12-5-3-11(4-6-12)17-9-10-2-7-13(15)14(16)8-10/h2-8,17H,9H2,1H3. The minimum Gasteiger partial charge on any atom is -0.381 e. The Labute approximate surface area is 129 Å². The molecule has 18 heavy (non-hydrogen) atoms. The van der Waals surface area contributed by atoms with Gasteiger partial charge in [-0.1, -0.05) is 6.07 Å². The third-order valence-electron chi connectivity index (χ3n) is 2.57. The number of hydrogen-bond acceptors (Lipinski definition) is 2. The number of rotatable bonds is 4. The second kappa shape index (κ2) is 6.64. The summed E-state index contributed by atoms with van der Waals surface area (Å²) in [7, 11) is 0. The zero-order valence-electron chi connectivity index (χ0n) is 9.91. The van der Waals surface area contributed by atoms with Crippen molar-refractivity contribution in [2.45, 2.75) is 11.4 Å². The van der Waals surface area contributed by atoms with Gasteiger partial charge in [0, 0.05) is 26.1 Å². The summed E-state index contributed by atoms with van der Waals surface area (Å²) >= 11 is 8.74. The van der Waals surface area contributed by atoms with Crippen LogP contribution in [-0.2, 0) is 6.54 Å². The molecule has 0 spiro atoms. The molecule has 94 valence electrons. The lowest BCUT2D eigenvalue weighted by Gasteiger charge is -2.08. The van der Waals surface area contributed by atoms with Gasteiger partial charge in [0.1, 0.15) is 0 Å². The zero-order valence-corrected chi connectivity index (χ0v) is 13.9. The molecule has 0 aromatic heterocycles. The van der Waals surface area contributed by atoms with Crippen LogP contribution < -0.4 is 5.32 Å². The van der Waals surface area contributed by atoms with Gasteiger partial charge in [0.2, 0.25) is 0 Å². The summed E-state index contributed by atoms with van der Waals surface area (Å²) in [6.45, 7) is 0.824. The molecule has 0 aliphatic carbocycles. The molecular formula is C14H13Br2NS. The number of nitrogens with one attached hydrogen (secondary N) is 1. The predicted molar refractivity (Wildman–Crippen MR) is 87.4 cm³/mol. The SMILES string of the molecule is CSc1ccc(NCc2ccc(Br)c(Br)c2)cc1. The molecule has 0 bridgehead atoms. The maximum Gasteiger partial charge on any atom is 0.0401 e. The second-order valence-corrected chi connectivity index (χ2v) is 6.42. The third kappa shape index (κ3) is 3.77. The quantitative estimate of drug-likeness (QED) is 0.691. The lowest BCUT2D eigenvalue weighted by molar-refractivity contribution is 1.14. The average Bonchev–Trinajstić information content (AvgIpc) is 2.41. The van der Waals surface area contributed by atoms with Crippen molar-refractivity contribution in [3.8, 4) is 0 Å². The van der Waals surface area contributed by atoms with Gasteiger partial charge in [-0.15, -0.1) is 11.8 Å². The molecule has 0 heterocycles. The van der Waals surface area contributed by atoms with E-state index in [0.29, 0.717) is 0 Å². The summed E-state index contributed by atoms with van der Waals surface area (Å²) < 4.78 is 2.16. The molecular weight excluding hydrogens is 374 g/mol. The van der Waals surface area contributed by atoms with Crippen molar-refractivity contribution in [2.24, 2.45) is 0 Å². The molecule has 0 radical (unpaired) electrons. The molecule has 0 aliphatic heterocycles. The summed E-state index contributed by atoms with van der Waals surface area (Å²) in [6, 6.07) is 14.8. The molecule has 2 aromatic rings. The van der Waals surface area contributed by atoms with Crippen LogP contribution in [0.1, 0.15) is 5.56 Å². The first kappa shape index (κ1) is 14.0. The molecule has 4 heteroatoms. The van der Waals surface area contributed by atoms with Crippen molar-refractivity contribution in [2.75, 3.05) is 11.6 Å². The molecule has 0 unspecified atom stereocenters. The number of halogens is 2. The summed E-state index contributed by atoms with van der Waals surface area (Å²) in [5.74, 6) is 0. The Morgan fingerprint density at radius 1 is 1.00 bits per heavy atom. The van der Waals surface area contributed by atoms with Gasteiger partial charge in [0.25, 0.3) is 0 Å². The first-order chi connectivity index (χ1) is 8.69. The molecule has 0 fully saturated rings. The smallest absolute Gasteiger partial charge is 0.0401 e. The molecule has 2 rings (SSSR count). The van der Waals surface area contributed by atoms with Crippen molar-refractivity contribution in [1.29, 1.82) is 0 Å². The number of benzene rings is 2. The highest BCUT2D eigenvalue weighted by molar-refractivity contribution is 9.13. The molecule has 0 saturated heterocycles. The molecule has 0 aliphatic rings. The van der Waals surface area contributed by atoms with Gasteiger partial charge in [0.05, 0.1) is 0 Å². The fraction of sp³-hybridized carbons (Fsp3) is 0.143. The van der Waals surface area contributed by atoms with Gasteiger partial charge < -0.3 is 5.32 Å². The highest BCUT2D eigenvalue weighted by Crippen LogP contribution is 2.24. The van der Waals surface area contributed by atoms with E-state index in [-0.39, 0.29) is 0 Å². The van der Waals surface area contributed by atoms with E-state index >= 15 is 0 Å². The van der Waals surface area contributed by atoms with E-state index in [4.69, 9.17) is 0 Å². The third-order valence-corrected chi connectivity index (χ3v) is 5.19. The van der Waals surface area contributed by atoms with E-state index in [9.17, 15) is 0 Å². The van der Waals surface area contributed by atoms with Crippen LogP contribution in [0.2, 0.25) is 0 Å². The number of thioether (sulfide) groups is 1. The van der Waals surface area contributed by atoms with Crippen molar-refractivity contribution in [1.82, 2.24) is 0 Å². The first-order valence-corrected chi connectivity index (χ1v) is 8.32. The summed E-state index contributed by atoms with van der Waals surface area (Å²) in [6.07, 6.45) is 2.09. The summed E-state index contributed by atoms with van der Waals surface area (Å²) in [5.41, 5.74) is 2.39. The Morgan fingerprint density at radius 3 is 2.33 bits per heavy atom. The van der Waals surface area contributed by atoms with E-state index in [2.05, 4.69) is 85.9 Å². The highest BCUT2D eigenvalue weighted by atomic mass is 79.9. The van der Waals surface area contributed by atoms with E-state index in [1.807, 2.05) is 0 Å². The molecule has 0 amide bonds. The zero-order chi connectivity index (χ0) is 13.0. The van der Waals surface area contributed by atoms with E-state index in [0.717, 1.165) is 21.2 Å². The van der Waals surface area contributed by atoms with Gasteiger partial charge in [-0.2, -0.15) is 0 Å². The number of anilines is 1. The van der Waals surface area contributed by atoms with E-state index < -0.39 is 0 Å². The molecule has 1 nitrogen and oxygen atoms in total. The first-order valence-electron chi connectivity index (χ1n) is 5.51. The molecule has 0 saturated carbocycles. The van der Waals surface area contributed by atoms with E-state index in [1.54, 1.807) is 11.8 Å². The van der Waals surface area contributed by atoms with Crippen molar-refractivity contribution in [3.63, 3.8) is 0 Å². The fourth-order valence-corrected chi connectivity index (χ4v) is 2.64. The van der Waals surface area contributed by atoms with Crippen LogP contribution in [0.25, 0.3) is 0 Å². The van der Waals surface area contributed by atoms with Crippen LogP contribution in [0, 0.1) is 0 Å². The average molecular weight is 387 g/mol. The lowest BCUT2D eigenvalue weighted by atomic mass is 10.2. The highest BCUT2D eigenvalue weighted by Gasteiger charge is 1.99. The second-order valence-electron chi connectivity index (χ2n) is 3.83. The van der Waals surface area contributed by atoms with Crippen LogP contribution in [0.5, 0.6) is 0 Å².